The molecule has 21 heavy (non-hydrogen) atoms. The van der Waals surface area contributed by atoms with Crippen molar-refractivity contribution in [3.63, 3.8) is 0 Å². The number of hydrogen-bond acceptors (Lipinski definition) is 5. The topological polar surface area (TPSA) is 95.5 Å². The highest BCUT2D eigenvalue weighted by molar-refractivity contribution is 7.98. The Kier molecular flexibility index (Phi) is 7.24. The molecule has 1 heterocycles. The summed E-state index contributed by atoms with van der Waals surface area (Å²) >= 11 is 2.85. The van der Waals surface area contributed by atoms with Gasteiger partial charge in [0.2, 0.25) is 5.91 Å². The van der Waals surface area contributed by atoms with Gasteiger partial charge in [-0.05, 0) is 37.5 Å². The van der Waals surface area contributed by atoms with E-state index in [1.165, 1.54) is 23.1 Å². The summed E-state index contributed by atoms with van der Waals surface area (Å²) in [5, 5.41) is 13.9. The summed E-state index contributed by atoms with van der Waals surface area (Å²) in [4.78, 5) is 35.9. The van der Waals surface area contributed by atoms with Gasteiger partial charge < -0.3 is 15.7 Å². The standard InChI is InChI=1S/C13H18N2O4S2/c1-8-3-4-10(21-8)12(17)14-7-11(16)15-9(13(18)19)5-6-20-2/h3-4,9H,5-7H2,1-2H3,(H,14,17)(H,15,16)(H,18,19)/t9-/m0/s1. The fraction of sp³-hybridized carbons (Fsp3) is 0.462. The van der Waals surface area contributed by atoms with E-state index in [9.17, 15) is 14.4 Å². The maximum atomic E-state index is 11.8. The van der Waals surface area contributed by atoms with Crippen LogP contribution in [0.3, 0.4) is 0 Å². The average molecular weight is 330 g/mol. The van der Waals surface area contributed by atoms with E-state index in [4.69, 9.17) is 5.11 Å². The van der Waals surface area contributed by atoms with Crippen LogP contribution < -0.4 is 10.6 Å². The third kappa shape index (κ3) is 6.17. The zero-order chi connectivity index (χ0) is 15.8. The predicted molar refractivity (Wildman–Crippen MR) is 84.0 cm³/mol. The number of carbonyl (C=O) groups is 3. The minimum absolute atomic E-state index is 0.237. The van der Waals surface area contributed by atoms with Crippen molar-refractivity contribution in [2.45, 2.75) is 19.4 Å². The molecule has 0 unspecified atom stereocenters. The van der Waals surface area contributed by atoms with Gasteiger partial charge >= 0.3 is 5.97 Å². The number of carboxylic acid groups (broad SMARTS) is 1. The first-order valence-electron chi connectivity index (χ1n) is 6.29. The van der Waals surface area contributed by atoms with E-state index >= 15 is 0 Å². The van der Waals surface area contributed by atoms with E-state index in [0.29, 0.717) is 17.1 Å². The number of amides is 2. The zero-order valence-electron chi connectivity index (χ0n) is 11.8. The van der Waals surface area contributed by atoms with E-state index in [-0.39, 0.29) is 12.5 Å². The van der Waals surface area contributed by atoms with Gasteiger partial charge in [0.25, 0.3) is 5.91 Å². The second kappa shape index (κ2) is 8.68. The minimum Gasteiger partial charge on any atom is -0.480 e. The quantitative estimate of drug-likeness (QED) is 0.663. The van der Waals surface area contributed by atoms with E-state index in [2.05, 4.69) is 10.6 Å². The lowest BCUT2D eigenvalue weighted by Crippen LogP contribution is -2.45. The highest BCUT2D eigenvalue weighted by Crippen LogP contribution is 2.14. The van der Waals surface area contributed by atoms with Crippen LogP contribution in [0.1, 0.15) is 21.0 Å². The molecule has 6 nitrogen and oxygen atoms in total. The molecule has 1 aromatic rings. The summed E-state index contributed by atoms with van der Waals surface area (Å²) in [6.07, 6.45) is 2.21. The molecule has 8 heteroatoms. The van der Waals surface area contributed by atoms with Crippen LogP contribution in [-0.4, -0.2) is 47.5 Å². The van der Waals surface area contributed by atoms with Crippen LogP contribution in [0.15, 0.2) is 12.1 Å². The molecule has 0 radical (unpaired) electrons. The molecular weight excluding hydrogens is 312 g/mol. The summed E-state index contributed by atoms with van der Waals surface area (Å²) in [6, 6.07) is 2.58. The van der Waals surface area contributed by atoms with Crippen LogP contribution in [0.5, 0.6) is 0 Å². The molecule has 0 spiro atoms. The largest absolute Gasteiger partial charge is 0.480 e. The number of nitrogens with one attached hydrogen (secondary N) is 2. The third-order valence-electron chi connectivity index (χ3n) is 2.62. The molecule has 116 valence electrons. The van der Waals surface area contributed by atoms with E-state index in [1.54, 1.807) is 6.07 Å². The molecule has 0 aromatic carbocycles. The van der Waals surface area contributed by atoms with Crippen molar-refractivity contribution in [1.29, 1.82) is 0 Å². The summed E-state index contributed by atoms with van der Waals surface area (Å²) in [6.45, 7) is 1.65. The Bertz CT molecular complexity index is 516. The number of rotatable bonds is 8. The van der Waals surface area contributed by atoms with Crippen molar-refractivity contribution < 1.29 is 19.5 Å². The molecule has 0 aliphatic heterocycles. The Balaban J connectivity index is 2.42. The number of carboxylic acids is 1. The van der Waals surface area contributed by atoms with E-state index < -0.39 is 17.9 Å². The van der Waals surface area contributed by atoms with Crippen molar-refractivity contribution in [2.75, 3.05) is 18.6 Å². The Morgan fingerprint density at radius 3 is 2.62 bits per heavy atom. The van der Waals surface area contributed by atoms with Gasteiger partial charge in [0.1, 0.15) is 6.04 Å². The zero-order valence-corrected chi connectivity index (χ0v) is 13.5. The molecule has 1 aromatic heterocycles. The lowest BCUT2D eigenvalue weighted by atomic mass is 10.2. The van der Waals surface area contributed by atoms with Crippen molar-refractivity contribution in [3.05, 3.63) is 21.9 Å². The SMILES string of the molecule is CSCC[C@H](NC(=O)CNC(=O)c1ccc(C)s1)C(=O)O. The Morgan fingerprint density at radius 1 is 1.38 bits per heavy atom. The second-order valence-electron chi connectivity index (χ2n) is 4.33. The molecule has 1 rings (SSSR count). The van der Waals surface area contributed by atoms with Crippen molar-refractivity contribution in [2.24, 2.45) is 0 Å². The summed E-state index contributed by atoms with van der Waals surface area (Å²) in [5.41, 5.74) is 0. The highest BCUT2D eigenvalue weighted by Gasteiger charge is 2.19. The van der Waals surface area contributed by atoms with Crippen molar-refractivity contribution in [3.8, 4) is 0 Å². The summed E-state index contributed by atoms with van der Waals surface area (Å²) in [5.74, 6) is -1.28. The fourth-order valence-electron chi connectivity index (χ4n) is 1.54. The van der Waals surface area contributed by atoms with Gasteiger partial charge in [0, 0.05) is 4.88 Å². The number of carbonyl (C=O) groups excluding carboxylic acids is 2. The van der Waals surface area contributed by atoms with Crippen LogP contribution >= 0.6 is 23.1 Å². The van der Waals surface area contributed by atoms with E-state index in [1.807, 2.05) is 19.2 Å². The van der Waals surface area contributed by atoms with Gasteiger partial charge in [-0.25, -0.2) is 4.79 Å². The average Bonchev–Trinajstić information content (AvgIpc) is 2.87. The van der Waals surface area contributed by atoms with Crippen LogP contribution in [0.4, 0.5) is 0 Å². The monoisotopic (exact) mass is 330 g/mol. The summed E-state index contributed by atoms with van der Waals surface area (Å²) < 4.78 is 0. The number of aryl methyl sites for hydroxylation is 1. The van der Waals surface area contributed by atoms with E-state index in [0.717, 1.165) is 4.88 Å². The Labute approximate surface area is 131 Å². The lowest BCUT2D eigenvalue weighted by Gasteiger charge is -2.14. The molecule has 0 saturated heterocycles. The predicted octanol–water partition coefficient (Wildman–Crippen LogP) is 1.11. The van der Waals surface area contributed by atoms with Gasteiger partial charge in [0.15, 0.2) is 0 Å². The minimum atomic E-state index is -1.07. The van der Waals surface area contributed by atoms with Crippen LogP contribution in [-0.2, 0) is 9.59 Å². The molecule has 2 amide bonds. The number of hydrogen-bond donors (Lipinski definition) is 3. The third-order valence-corrected chi connectivity index (χ3v) is 4.26. The molecule has 0 bridgehead atoms. The maximum absolute atomic E-state index is 11.8. The number of thioether (sulfide) groups is 1. The molecule has 0 saturated carbocycles. The highest BCUT2D eigenvalue weighted by atomic mass is 32.2. The first-order valence-corrected chi connectivity index (χ1v) is 8.50. The Hall–Kier alpha value is -1.54. The maximum Gasteiger partial charge on any atom is 0.326 e. The van der Waals surface area contributed by atoms with Gasteiger partial charge in [-0.15, -0.1) is 11.3 Å². The van der Waals surface area contributed by atoms with Crippen molar-refractivity contribution in [1.82, 2.24) is 10.6 Å². The molecular formula is C13H18N2O4S2. The first-order chi connectivity index (χ1) is 9.93. The number of aliphatic carboxylic acids is 1. The van der Waals surface area contributed by atoms with Gasteiger partial charge in [-0.2, -0.15) is 11.8 Å². The fourth-order valence-corrected chi connectivity index (χ4v) is 2.80. The molecule has 0 aliphatic rings. The van der Waals surface area contributed by atoms with Gasteiger partial charge in [-0.1, -0.05) is 0 Å². The molecule has 0 aliphatic carbocycles. The molecule has 0 fully saturated rings. The second-order valence-corrected chi connectivity index (χ2v) is 6.61. The van der Waals surface area contributed by atoms with Crippen LogP contribution in [0.2, 0.25) is 0 Å². The normalized spacial score (nSPS) is 11.7. The van der Waals surface area contributed by atoms with Gasteiger partial charge in [-0.3, -0.25) is 9.59 Å². The Morgan fingerprint density at radius 2 is 2.10 bits per heavy atom. The molecule has 3 N–H and O–H groups in total. The van der Waals surface area contributed by atoms with Crippen LogP contribution in [0.25, 0.3) is 0 Å². The first kappa shape index (κ1) is 17.5. The van der Waals surface area contributed by atoms with Gasteiger partial charge in [0.05, 0.1) is 11.4 Å². The lowest BCUT2D eigenvalue weighted by molar-refractivity contribution is -0.141. The van der Waals surface area contributed by atoms with Crippen molar-refractivity contribution >= 4 is 40.9 Å². The smallest absolute Gasteiger partial charge is 0.326 e. The number of thiophene rings is 1. The summed E-state index contributed by atoms with van der Waals surface area (Å²) in [7, 11) is 0. The van der Waals surface area contributed by atoms with Crippen LogP contribution in [0, 0.1) is 6.92 Å². The molecule has 1 atom stereocenters.